The molecule has 13 heavy (non-hydrogen) atoms. The molecule has 1 aromatic rings. The van der Waals surface area contributed by atoms with Gasteiger partial charge in [0.1, 0.15) is 0 Å². The Bertz CT molecular complexity index is 326. The van der Waals surface area contributed by atoms with E-state index in [1.807, 2.05) is 13.8 Å². The quantitative estimate of drug-likeness (QED) is 0.724. The summed E-state index contributed by atoms with van der Waals surface area (Å²) in [5, 5.41) is 9.43. The van der Waals surface area contributed by atoms with Gasteiger partial charge in [0.15, 0.2) is 0 Å². The van der Waals surface area contributed by atoms with E-state index in [9.17, 15) is 10.0 Å². The number of nitrogens with zero attached hydrogens (tertiary/aromatic N) is 1. The normalized spacial score (nSPS) is 10.7. The molecule has 3 nitrogen and oxygen atoms in total. The van der Waals surface area contributed by atoms with Crippen LogP contribution in [0.25, 0.3) is 0 Å². The first kappa shape index (κ1) is 9.84. The predicted octanol–water partition coefficient (Wildman–Crippen LogP) is 1.99. The van der Waals surface area contributed by atoms with Gasteiger partial charge in [0.2, 0.25) is 0 Å². The Morgan fingerprint density at radius 3 is 2.54 bits per heavy atom. The third-order valence-electron chi connectivity index (χ3n) is 2.36. The number of aromatic nitrogens is 1. The Morgan fingerprint density at radius 1 is 1.38 bits per heavy atom. The van der Waals surface area contributed by atoms with Crippen molar-refractivity contribution in [3.05, 3.63) is 34.2 Å². The van der Waals surface area contributed by atoms with Crippen molar-refractivity contribution in [2.75, 3.05) is 0 Å². The highest BCUT2D eigenvalue weighted by Gasteiger charge is 2.11. The molecule has 0 fully saturated rings. The number of rotatable bonds is 3. The fourth-order valence-electron chi connectivity index (χ4n) is 1.51. The highest BCUT2D eigenvalue weighted by Crippen LogP contribution is 2.20. The third-order valence-corrected chi connectivity index (χ3v) is 2.36. The lowest BCUT2D eigenvalue weighted by Gasteiger charge is -2.14. The van der Waals surface area contributed by atoms with Gasteiger partial charge in [0.05, 0.1) is 5.69 Å². The zero-order chi connectivity index (χ0) is 9.84. The van der Waals surface area contributed by atoms with Gasteiger partial charge in [-0.05, 0) is 18.9 Å². The molecular weight excluding hydrogens is 166 g/mol. The molecule has 0 aromatic carbocycles. The second-order valence-electron chi connectivity index (χ2n) is 3.11. The summed E-state index contributed by atoms with van der Waals surface area (Å²) >= 11 is 0. The Kier molecular flexibility index (Phi) is 3.12. The van der Waals surface area contributed by atoms with Crippen LogP contribution in [-0.2, 0) is 0 Å². The second-order valence-corrected chi connectivity index (χ2v) is 3.11. The SMILES string of the molecule is CCC(CC)c1cccc(=O)n1O. The molecule has 0 radical (unpaired) electrons. The zero-order valence-electron chi connectivity index (χ0n) is 8.03. The van der Waals surface area contributed by atoms with Crippen LogP contribution in [-0.4, -0.2) is 9.94 Å². The lowest BCUT2D eigenvalue weighted by atomic mass is 9.99. The lowest BCUT2D eigenvalue weighted by Crippen LogP contribution is -2.21. The number of hydrogen-bond donors (Lipinski definition) is 1. The molecule has 72 valence electrons. The monoisotopic (exact) mass is 181 g/mol. The van der Waals surface area contributed by atoms with Crippen LogP contribution in [0.2, 0.25) is 0 Å². The summed E-state index contributed by atoms with van der Waals surface area (Å²) in [6.45, 7) is 4.09. The Morgan fingerprint density at radius 2 is 2.00 bits per heavy atom. The molecule has 0 amide bonds. The first-order valence-corrected chi connectivity index (χ1v) is 4.61. The van der Waals surface area contributed by atoms with Crippen molar-refractivity contribution in [2.45, 2.75) is 32.6 Å². The molecule has 0 aliphatic carbocycles. The van der Waals surface area contributed by atoms with Crippen molar-refractivity contribution in [3.63, 3.8) is 0 Å². The molecular formula is C10H15NO2. The molecule has 0 aliphatic heterocycles. The molecule has 1 aromatic heterocycles. The minimum Gasteiger partial charge on any atom is -0.425 e. The van der Waals surface area contributed by atoms with E-state index in [2.05, 4.69) is 0 Å². The summed E-state index contributed by atoms with van der Waals surface area (Å²) in [4.78, 5) is 11.1. The average Bonchev–Trinajstić information content (AvgIpc) is 2.14. The van der Waals surface area contributed by atoms with Gasteiger partial charge in [0.25, 0.3) is 5.56 Å². The Labute approximate surface area is 77.6 Å². The van der Waals surface area contributed by atoms with Gasteiger partial charge in [-0.25, -0.2) is 0 Å². The highest BCUT2D eigenvalue weighted by molar-refractivity contribution is 5.10. The van der Waals surface area contributed by atoms with Crippen LogP contribution in [0.4, 0.5) is 0 Å². The van der Waals surface area contributed by atoms with Crippen LogP contribution >= 0.6 is 0 Å². The molecule has 0 atom stereocenters. The maximum absolute atomic E-state index is 11.1. The van der Waals surface area contributed by atoms with Gasteiger partial charge < -0.3 is 5.21 Å². The molecule has 0 spiro atoms. The van der Waals surface area contributed by atoms with Crippen molar-refractivity contribution >= 4 is 0 Å². The molecule has 1 rings (SSSR count). The van der Waals surface area contributed by atoms with E-state index < -0.39 is 0 Å². The van der Waals surface area contributed by atoms with Crippen molar-refractivity contribution in [2.24, 2.45) is 0 Å². The summed E-state index contributed by atoms with van der Waals surface area (Å²) in [6.07, 6.45) is 1.86. The maximum atomic E-state index is 11.1. The summed E-state index contributed by atoms with van der Waals surface area (Å²) in [7, 11) is 0. The van der Waals surface area contributed by atoms with E-state index in [1.54, 1.807) is 12.1 Å². The number of hydrogen-bond acceptors (Lipinski definition) is 2. The van der Waals surface area contributed by atoms with E-state index >= 15 is 0 Å². The fraction of sp³-hybridized carbons (Fsp3) is 0.500. The van der Waals surface area contributed by atoms with E-state index in [0.717, 1.165) is 17.6 Å². The fourth-order valence-corrected chi connectivity index (χ4v) is 1.51. The maximum Gasteiger partial charge on any atom is 0.283 e. The lowest BCUT2D eigenvalue weighted by molar-refractivity contribution is 0.159. The smallest absolute Gasteiger partial charge is 0.283 e. The average molecular weight is 181 g/mol. The van der Waals surface area contributed by atoms with Crippen LogP contribution in [0.3, 0.4) is 0 Å². The van der Waals surface area contributed by atoms with Crippen molar-refractivity contribution in [1.82, 2.24) is 4.73 Å². The van der Waals surface area contributed by atoms with Crippen LogP contribution in [0.1, 0.15) is 38.3 Å². The van der Waals surface area contributed by atoms with Crippen LogP contribution in [0.15, 0.2) is 23.0 Å². The standard InChI is InChI=1S/C10H15NO2/c1-3-8(4-2)9-6-5-7-10(12)11(9)13/h5-8,13H,3-4H2,1-2H3. The summed E-state index contributed by atoms with van der Waals surface area (Å²) in [5.74, 6) is 0.263. The summed E-state index contributed by atoms with van der Waals surface area (Å²) in [5.41, 5.74) is 0.349. The van der Waals surface area contributed by atoms with Gasteiger partial charge in [0, 0.05) is 12.0 Å². The number of pyridine rings is 1. The second kappa shape index (κ2) is 4.12. The van der Waals surface area contributed by atoms with E-state index in [0.29, 0.717) is 5.69 Å². The Hall–Kier alpha value is -1.25. The molecule has 0 saturated heterocycles. The minimum absolute atomic E-state index is 0.263. The summed E-state index contributed by atoms with van der Waals surface area (Å²) in [6, 6.07) is 4.83. The molecule has 1 heterocycles. The molecule has 3 heteroatoms. The minimum atomic E-state index is -0.357. The van der Waals surface area contributed by atoms with Crippen molar-refractivity contribution in [3.8, 4) is 0 Å². The first-order chi connectivity index (χ1) is 6.20. The van der Waals surface area contributed by atoms with E-state index in [-0.39, 0.29) is 11.5 Å². The summed E-state index contributed by atoms with van der Waals surface area (Å²) < 4.78 is 0.748. The van der Waals surface area contributed by atoms with E-state index in [1.165, 1.54) is 6.07 Å². The predicted molar refractivity (Wildman–Crippen MR) is 51.2 cm³/mol. The zero-order valence-corrected chi connectivity index (χ0v) is 8.03. The van der Waals surface area contributed by atoms with Crippen molar-refractivity contribution in [1.29, 1.82) is 0 Å². The van der Waals surface area contributed by atoms with Crippen LogP contribution in [0.5, 0.6) is 0 Å². The van der Waals surface area contributed by atoms with Gasteiger partial charge in [-0.3, -0.25) is 4.79 Å². The van der Waals surface area contributed by atoms with Gasteiger partial charge in [-0.2, -0.15) is 4.73 Å². The third kappa shape index (κ3) is 1.91. The first-order valence-electron chi connectivity index (χ1n) is 4.61. The van der Waals surface area contributed by atoms with Crippen molar-refractivity contribution < 1.29 is 5.21 Å². The van der Waals surface area contributed by atoms with E-state index in [4.69, 9.17) is 0 Å². The Balaban J connectivity index is 3.13. The molecule has 0 saturated carbocycles. The van der Waals surface area contributed by atoms with Gasteiger partial charge >= 0.3 is 0 Å². The molecule has 0 aliphatic rings. The highest BCUT2D eigenvalue weighted by atomic mass is 16.5. The van der Waals surface area contributed by atoms with Gasteiger partial charge in [-0.1, -0.05) is 19.9 Å². The molecule has 1 N–H and O–H groups in total. The van der Waals surface area contributed by atoms with Gasteiger partial charge in [-0.15, -0.1) is 0 Å². The molecule has 0 unspecified atom stereocenters. The topological polar surface area (TPSA) is 42.2 Å². The van der Waals surface area contributed by atoms with Crippen LogP contribution in [0, 0.1) is 0 Å². The largest absolute Gasteiger partial charge is 0.425 e. The van der Waals surface area contributed by atoms with Crippen LogP contribution < -0.4 is 5.56 Å². The molecule has 0 bridgehead atoms.